The highest BCUT2D eigenvalue weighted by molar-refractivity contribution is 5.91. The van der Waals surface area contributed by atoms with Gasteiger partial charge in [-0.15, -0.1) is 0 Å². The number of hydrogen-bond donors (Lipinski definition) is 1. The van der Waals surface area contributed by atoms with E-state index in [9.17, 15) is 9.90 Å². The first-order chi connectivity index (χ1) is 11.3. The summed E-state index contributed by atoms with van der Waals surface area (Å²) >= 11 is 0. The van der Waals surface area contributed by atoms with Gasteiger partial charge in [-0.2, -0.15) is 0 Å². The lowest BCUT2D eigenvalue weighted by molar-refractivity contribution is -0.138. The summed E-state index contributed by atoms with van der Waals surface area (Å²) < 4.78 is 0. The van der Waals surface area contributed by atoms with Crippen molar-refractivity contribution in [2.75, 3.05) is 0 Å². The average Bonchev–Trinajstić information content (AvgIpc) is 2.84. The van der Waals surface area contributed by atoms with Gasteiger partial charge >= 0.3 is 0 Å². The fourth-order valence-corrected chi connectivity index (χ4v) is 7.89. The second kappa shape index (κ2) is 5.43. The van der Waals surface area contributed by atoms with Gasteiger partial charge in [0, 0.05) is 6.42 Å². The smallest absolute Gasteiger partial charge is 0.155 e. The predicted octanol–water partition coefficient (Wildman–Crippen LogP) is 4.76. The van der Waals surface area contributed by atoms with Crippen molar-refractivity contribution in [2.24, 2.45) is 40.4 Å². The van der Waals surface area contributed by atoms with E-state index in [0.717, 1.165) is 24.7 Å². The maximum absolute atomic E-state index is 12.0. The molecule has 0 aromatic rings. The SMILES string of the molecule is CC[C@H]1CC[C@H]2[C@@H]3CC(C)C4=CC(=O)CC[C@]4(C)C3[C@@H](O)C[C@]12C. The van der Waals surface area contributed by atoms with Gasteiger partial charge in [0.25, 0.3) is 0 Å². The molecular weight excluding hydrogens is 296 g/mol. The third-order valence-electron chi connectivity index (χ3n) is 8.90. The van der Waals surface area contributed by atoms with Gasteiger partial charge in [0.05, 0.1) is 6.10 Å². The molecule has 4 rings (SSSR count). The molecule has 2 heteroatoms. The van der Waals surface area contributed by atoms with Crippen molar-refractivity contribution in [3.05, 3.63) is 11.6 Å². The van der Waals surface area contributed by atoms with Crippen molar-refractivity contribution in [3.8, 4) is 0 Å². The van der Waals surface area contributed by atoms with Crippen LogP contribution in [0.15, 0.2) is 11.6 Å². The minimum absolute atomic E-state index is 0.0429. The first kappa shape index (κ1) is 16.8. The average molecular weight is 331 g/mol. The Morgan fingerprint density at radius 2 is 2.04 bits per heavy atom. The van der Waals surface area contributed by atoms with E-state index in [4.69, 9.17) is 0 Å². The van der Waals surface area contributed by atoms with Gasteiger partial charge < -0.3 is 5.11 Å². The van der Waals surface area contributed by atoms with Crippen LogP contribution in [0.4, 0.5) is 0 Å². The van der Waals surface area contributed by atoms with Crippen molar-refractivity contribution in [1.29, 1.82) is 0 Å². The molecule has 0 aromatic carbocycles. The standard InChI is InChI=1S/C22H34O2/c1-5-14-6-7-17-16-10-13(2)18-11-15(23)8-9-21(18,3)20(16)19(24)12-22(14,17)4/h11,13-14,16-17,19-20,24H,5-10,12H2,1-4H3/t13?,14-,16-,17-,19-,20?,21-,22+/m0/s1. The lowest BCUT2D eigenvalue weighted by Gasteiger charge is -2.61. The Labute approximate surface area is 147 Å². The summed E-state index contributed by atoms with van der Waals surface area (Å²) in [4.78, 5) is 12.0. The van der Waals surface area contributed by atoms with E-state index in [1.807, 2.05) is 6.08 Å². The highest BCUT2D eigenvalue weighted by Gasteiger charge is 2.62. The minimum Gasteiger partial charge on any atom is -0.393 e. The molecule has 0 radical (unpaired) electrons. The van der Waals surface area contributed by atoms with Crippen LogP contribution in [0.3, 0.4) is 0 Å². The van der Waals surface area contributed by atoms with Gasteiger partial charge in [-0.1, -0.05) is 39.7 Å². The molecule has 0 amide bonds. The van der Waals surface area contributed by atoms with Crippen LogP contribution in [-0.2, 0) is 4.79 Å². The highest BCUT2D eigenvalue weighted by atomic mass is 16.3. The Kier molecular flexibility index (Phi) is 3.81. The first-order valence-electron chi connectivity index (χ1n) is 10.2. The molecule has 2 nitrogen and oxygen atoms in total. The molecule has 1 N–H and O–H groups in total. The van der Waals surface area contributed by atoms with E-state index in [1.165, 1.54) is 31.3 Å². The molecule has 3 saturated carbocycles. The molecule has 4 aliphatic carbocycles. The molecule has 0 aromatic heterocycles. The van der Waals surface area contributed by atoms with E-state index in [-0.39, 0.29) is 11.5 Å². The zero-order valence-corrected chi connectivity index (χ0v) is 15.8. The molecule has 0 aliphatic heterocycles. The third-order valence-corrected chi connectivity index (χ3v) is 8.90. The Hall–Kier alpha value is -0.630. The summed E-state index contributed by atoms with van der Waals surface area (Å²) in [5.74, 6) is 3.35. The first-order valence-corrected chi connectivity index (χ1v) is 10.2. The molecule has 3 fully saturated rings. The Morgan fingerprint density at radius 1 is 1.29 bits per heavy atom. The van der Waals surface area contributed by atoms with Crippen molar-refractivity contribution >= 4 is 5.78 Å². The van der Waals surface area contributed by atoms with Crippen LogP contribution in [-0.4, -0.2) is 17.0 Å². The van der Waals surface area contributed by atoms with E-state index < -0.39 is 0 Å². The normalized spacial score (nSPS) is 53.9. The van der Waals surface area contributed by atoms with Crippen LogP contribution in [0.5, 0.6) is 0 Å². The number of ketones is 1. The van der Waals surface area contributed by atoms with E-state index >= 15 is 0 Å². The van der Waals surface area contributed by atoms with Gasteiger partial charge in [-0.25, -0.2) is 0 Å². The second-order valence-corrected chi connectivity index (χ2v) is 9.88. The highest BCUT2D eigenvalue weighted by Crippen LogP contribution is 2.67. The van der Waals surface area contributed by atoms with Crippen LogP contribution < -0.4 is 0 Å². The quantitative estimate of drug-likeness (QED) is 0.752. The summed E-state index contributed by atoms with van der Waals surface area (Å²) in [7, 11) is 0. The maximum atomic E-state index is 12.0. The monoisotopic (exact) mass is 330 g/mol. The second-order valence-electron chi connectivity index (χ2n) is 9.88. The summed E-state index contributed by atoms with van der Waals surface area (Å²) in [6.07, 6.45) is 9.47. The molecule has 8 atom stereocenters. The van der Waals surface area contributed by atoms with Gasteiger partial charge in [-0.05, 0) is 78.6 Å². The lowest BCUT2D eigenvalue weighted by atomic mass is 9.44. The molecule has 4 aliphatic rings. The summed E-state index contributed by atoms with van der Waals surface area (Å²) in [5, 5.41) is 11.3. The molecule has 2 unspecified atom stereocenters. The number of aliphatic hydroxyl groups is 1. The van der Waals surface area contributed by atoms with Crippen LogP contribution in [0.1, 0.15) is 72.6 Å². The summed E-state index contributed by atoms with van der Waals surface area (Å²) in [5.41, 5.74) is 1.73. The Balaban J connectivity index is 1.76. The fourth-order valence-electron chi connectivity index (χ4n) is 7.89. The Morgan fingerprint density at radius 3 is 2.75 bits per heavy atom. The van der Waals surface area contributed by atoms with Gasteiger partial charge in [0.1, 0.15) is 0 Å². The van der Waals surface area contributed by atoms with Crippen molar-refractivity contribution < 1.29 is 9.90 Å². The predicted molar refractivity (Wildman–Crippen MR) is 96.4 cm³/mol. The largest absolute Gasteiger partial charge is 0.393 e. The number of fused-ring (bicyclic) bond motifs is 5. The van der Waals surface area contributed by atoms with Crippen molar-refractivity contribution in [3.63, 3.8) is 0 Å². The third kappa shape index (κ3) is 2.08. The molecular formula is C22H34O2. The number of rotatable bonds is 1. The van der Waals surface area contributed by atoms with Crippen molar-refractivity contribution in [1.82, 2.24) is 0 Å². The van der Waals surface area contributed by atoms with Crippen LogP contribution >= 0.6 is 0 Å². The zero-order valence-electron chi connectivity index (χ0n) is 15.8. The Bertz CT molecular complexity index is 579. The van der Waals surface area contributed by atoms with E-state index in [1.54, 1.807) is 0 Å². The van der Waals surface area contributed by atoms with E-state index in [2.05, 4.69) is 27.7 Å². The number of hydrogen-bond acceptors (Lipinski definition) is 2. The van der Waals surface area contributed by atoms with Gasteiger partial charge in [-0.3, -0.25) is 4.79 Å². The fraction of sp³-hybridized carbons (Fsp3) is 0.864. The number of allylic oxidation sites excluding steroid dienone is 1. The van der Waals surface area contributed by atoms with Crippen LogP contribution in [0.2, 0.25) is 0 Å². The number of carbonyl (C=O) groups is 1. The maximum Gasteiger partial charge on any atom is 0.155 e. The summed E-state index contributed by atoms with van der Waals surface area (Å²) in [6, 6.07) is 0. The van der Waals surface area contributed by atoms with Crippen LogP contribution in [0, 0.1) is 40.4 Å². The molecule has 24 heavy (non-hydrogen) atoms. The molecule has 0 bridgehead atoms. The minimum atomic E-state index is -0.197. The van der Waals surface area contributed by atoms with Gasteiger partial charge in [0.15, 0.2) is 5.78 Å². The number of carbonyl (C=O) groups excluding carboxylic acids is 1. The molecule has 134 valence electrons. The zero-order chi connectivity index (χ0) is 17.3. The molecule has 0 saturated heterocycles. The molecule has 0 heterocycles. The van der Waals surface area contributed by atoms with Crippen LogP contribution in [0.25, 0.3) is 0 Å². The lowest BCUT2D eigenvalue weighted by Crippen LogP contribution is -2.57. The van der Waals surface area contributed by atoms with Crippen molar-refractivity contribution in [2.45, 2.75) is 78.7 Å². The van der Waals surface area contributed by atoms with Gasteiger partial charge in [0.2, 0.25) is 0 Å². The molecule has 0 spiro atoms. The summed E-state index contributed by atoms with van der Waals surface area (Å²) in [6.45, 7) is 9.48. The number of aliphatic hydroxyl groups excluding tert-OH is 1. The topological polar surface area (TPSA) is 37.3 Å². The van der Waals surface area contributed by atoms with E-state index in [0.29, 0.717) is 35.4 Å².